The zero-order valence-corrected chi connectivity index (χ0v) is 13.4. The van der Waals surface area contributed by atoms with Crippen LogP contribution in [0.1, 0.15) is 30.9 Å². The predicted octanol–water partition coefficient (Wildman–Crippen LogP) is 2.05. The number of rotatable bonds is 3. The molecule has 110 valence electrons. The van der Waals surface area contributed by atoms with Crippen molar-refractivity contribution in [1.82, 2.24) is 4.31 Å². The number of benzene rings is 1. The molecule has 4 nitrogen and oxygen atoms in total. The maximum atomic E-state index is 12.7. The number of sulfonamides is 1. The number of nitrogens with two attached hydrogens (primary N) is 1. The van der Waals surface area contributed by atoms with Gasteiger partial charge in [0.25, 0.3) is 0 Å². The number of hydrogen-bond donors (Lipinski definition) is 1. The second kappa shape index (κ2) is 5.79. The third-order valence-electron chi connectivity index (χ3n) is 3.83. The van der Waals surface area contributed by atoms with Gasteiger partial charge in [0.2, 0.25) is 10.0 Å². The van der Waals surface area contributed by atoms with Gasteiger partial charge in [-0.05, 0) is 37.3 Å². The van der Waals surface area contributed by atoms with Gasteiger partial charge < -0.3 is 5.73 Å². The highest BCUT2D eigenvalue weighted by Crippen LogP contribution is 2.26. The lowest BCUT2D eigenvalue weighted by atomic mass is 10.0. The van der Waals surface area contributed by atoms with Crippen LogP contribution in [0, 0.1) is 12.8 Å². The summed E-state index contributed by atoms with van der Waals surface area (Å²) in [6, 6.07) is 5.11. The van der Waals surface area contributed by atoms with Crippen LogP contribution in [0.5, 0.6) is 0 Å². The van der Waals surface area contributed by atoms with Gasteiger partial charge in [0.1, 0.15) is 4.99 Å². The van der Waals surface area contributed by atoms with Crippen molar-refractivity contribution in [2.75, 3.05) is 13.1 Å². The van der Waals surface area contributed by atoms with E-state index in [9.17, 15) is 8.42 Å². The van der Waals surface area contributed by atoms with E-state index in [2.05, 4.69) is 6.92 Å². The van der Waals surface area contributed by atoms with E-state index in [1.807, 2.05) is 0 Å². The van der Waals surface area contributed by atoms with Crippen molar-refractivity contribution in [2.45, 2.75) is 31.6 Å². The normalized spacial score (nSPS) is 18.1. The van der Waals surface area contributed by atoms with Crippen molar-refractivity contribution >= 4 is 27.2 Å². The molecular weight excluding hydrogens is 292 g/mol. The highest BCUT2D eigenvalue weighted by Gasteiger charge is 2.29. The predicted molar refractivity (Wildman–Crippen MR) is 84.2 cm³/mol. The van der Waals surface area contributed by atoms with Crippen molar-refractivity contribution in [1.29, 1.82) is 0 Å². The standard InChI is InChI=1S/C14H20N2O2S2/c1-10-5-7-16(8-6-10)20(17,18)13-9-12(14(15)19)4-3-11(13)2/h3-4,9-10H,5-8H2,1-2H3,(H2,15,19). The fourth-order valence-electron chi connectivity index (χ4n) is 2.40. The van der Waals surface area contributed by atoms with Gasteiger partial charge in [-0.2, -0.15) is 4.31 Å². The Labute approximate surface area is 126 Å². The summed E-state index contributed by atoms with van der Waals surface area (Å²) in [7, 11) is -3.45. The molecule has 2 rings (SSSR count). The van der Waals surface area contributed by atoms with Crippen LogP contribution in [-0.2, 0) is 10.0 Å². The summed E-state index contributed by atoms with van der Waals surface area (Å²) in [5.41, 5.74) is 6.91. The van der Waals surface area contributed by atoms with Crippen molar-refractivity contribution in [3.05, 3.63) is 29.3 Å². The first kappa shape index (κ1) is 15.4. The molecule has 1 aromatic carbocycles. The summed E-state index contributed by atoms with van der Waals surface area (Å²) < 4.78 is 27.0. The van der Waals surface area contributed by atoms with E-state index < -0.39 is 10.0 Å². The quantitative estimate of drug-likeness (QED) is 0.868. The number of thiocarbonyl (C=S) groups is 1. The average Bonchev–Trinajstić information content (AvgIpc) is 2.39. The fourth-order valence-corrected chi connectivity index (χ4v) is 4.24. The molecule has 0 spiro atoms. The molecule has 1 saturated heterocycles. The Balaban J connectivity index is 2.38. The van der Waals surface area contributed by atoms with Gasteiger partial charge in [-0.15, -0.1) is 0 Å². The maximum absolute atomic E-state index is 12.7. The summed E-state index contributed by atoms with van der Waals surface area (Å²) in [6.07, 6.45) is 1.82. The van der Waals surface area contributed by atoms with E-state index in [0.29, 0.717) is 29.5 Å². The van der Waals surface area contributed by atoms with Gasteiger partial charge in [-0.1, -0.05) is 31.3 Å². The molecule has 20 heavy (non-hydrogen) atoms. The van der Waals surface area contributed by atoms with Crippen molar-refractivity contribution < 1.29 is 8.42 Å². The van der Waals surface area contributed by atoms with Crippen LogP contribution >= 0.6 is 12.2 Å². The molecule has 0 aromatic heterocycles. The van der Waals surface area contributed by atoms with Gasteiger partial charge >= 0.3 is 0 Å². The third-order valence-corrected chi connectivity index (χ3v) is 6.11. The second-order valence-electron chi connectivity index (χ2n) is 5.43. The zero-order chi connectivity index (χ0) is 14.9. The van der Waals surface area contributed by atoms with Crippen molar-refractivity contribution in [3.8, 4) is 0 Å². The minimum Gasteiger partial charge on any atom is -0.389 e. The molecule has 1 aliphatic heterocycles. The smallest absolute Gasteiger partial charge is 0.243 e. The number of hydrogen-bond acceptors (Lipinski definition) is 3. The Morgan fingerprint density at radius 1 is 1.35 bits per heavy atom. The first-order valence-electron chi connectivity index (χ1n) is 6.73. The molecule has 1 aromatic rings. The van der Waals surface area contributed by atoms with Gasteiger partial charge in [0.15, 0.2) is 0 Å². The van der Waals surface area contributed by atoms with E-state index >= 15 is 0 Å². The summed E-state index contributed by atoms with van der Waals surface area (Å²) >= 11 is 4.93. The highest BCUT2D eigenvalue weighted by molar-refractivity contribution is 7.89. The molecule has 0 amide bonds. The number of nitrogens with zero attached hydrogens (tertiary/aromatic N) is 1. The number of aryl methyl sites for hydroxylation is 1. The minimum absolute atomic E-state index is 0.216. The summed E-state index contributed by atoms with van der Waals surface area (Å²) in [4.78, 5) is 0.533. The first-order chi connectivity index (χ1) is 9.32. The van der Waals surface area contributed by atoms with E-state index in [1.54, 1.807) is 29.4 Å². The van der Waals surface area contributed by atoms with E-state index in [1.165, 1.54) is 0 Å². The van der Waals surface area contributed by atoms with Crippen LogP contribution in [0.2, 0.25) is 0 Å². The molecule has 6 heteroatoms. The Morgan fingerprint density at radius 3 is 2.50 bits per heavy atom. The fraction of sp³-hybridized carbons (Fsp3) is 0.500. The Bertz CT molecular complexity index is 618. The topological polar surface area (TPSA) is 63.4 Å². The van der Waals surface area contributed by atoms with Crippen LogP contribution in [0.15, 0.2) is 23.1 Å². The van der Waals surface area contributed by atoms with Crippen LogP contribution < -0.4 is 5.73 Å². The lowest BCUT2D eigenvalue weighted by molar-refractivity contribution is 0.288. The third kappa shape index (κ3) is 3.02. The average molecular weight is 312 g/mol. The van der Waals surface area contributed by atoms with E-state index in [-0.39, 0.29) is 4.99 Å². The highest BCUT2D eigenvalue weighted by atomic mass is 32.2. The Morgan fingerprint density at radius 2 is 1.95 bits per heavy atom. The summed E-state index contributed by atoms with van der Waals surface area (Å²) in [6.45, 7) is 5.12. The van der Waals surface area contributed by atoms with Gasteiger partial charge in [-0.3, -0.25) is 0 Å². The molecule has 1 aliphatic rings. The lowest BCUT2D eigenvalue weighted by Gasteiger charge is -2.30. The van der Waals surface area contributed by atoms with E-state index in [4.69, 9.17) is 18.0 Å². The number of piperidine rings is 1. The van der Waals surface area contributed by atoms with Crippen molar-refractivity contribution in [3.63, 3.8) is 0 Å². The lowest BCUT2D eigenvalue weighted by Crippen LogP contribution is -2.38. The molecule has 0 saturated carbocycles. The Hall–Kier alpha value is -0.980. The minimum atomic E-state index is -3.45. The molecule has 2 N–H and O–H groups in total. The van der Waals surface area contributed by atoms with Gasteiger partial charge in [0, 0.05) is 18.7 Å². The molecule has 0 bridgehead atoms. The van der Waals surface area contributed by atoms with Crippen molar-refractivity contribution in [2.24, 2.45) is 11.7 Å². The molecule has 1 heterocycles. The van der Waals surface area contributed by atoms with Crippen LogP contribution in [0.3, 0.4) is 0 Å². The SMILES string of the molecule is Cc1ccc(C(N)=S)cc1S(=O)(=O)N1CCC(C)CC1. The summed E-state index contributed by atoms with van der Waals surface area (Å²) in [5, 5.41) is 0. The molecule has 0 aliphatic carbocycles. The molecular formula is C14H20N2O2S2. The van der Waals surface area contributed by atoms with E-state index in [0.717, 1.165) is 18.4 Å². The van der Waals surface area contributed by atoms with Gasteiger partial charge in [0.05, 0.1) is 4.90 Å². The zero-order valence-electron chi connectivity index (χ0n) is 11.8. The Kier molecular flexibility index (Phi) is 4.46. The molecule has 0 atom stereocenters. The van der Waals surface area contributed by atoms with Crippen LogP contribution in [-0.4, -0.2) is 30.8 Å². The molecule has 0 unspecified atom stereocenters. The van der Waals surface area contributed by atoms with Crippen LogP contribution in [0.4, 0.5) is 0 Å². The molecule has 1 fully saturated rings. The maximum Gasteiger partial charge on any atom is 0.243 e. The second-order valence-corrected chi connectivity index (χ2v) is 7.78. The summed E-state index contributed by atoms with van der Waals surface area (Å²) in [5.74, 6) is 0.588. The molecule has 0 radical (unpaired) electrons. The monoisotopic (exact) mass is 312 g/mol. The van der Waals surface area contributed by atoms with Crippen LogP contribution in [0.25, 0.3) is 0 Å². The largest absolute Gasteiger partial charge is 0.389 e. The first-order valence-corrected chi connectivity index (χ1v) is 8.58. The van der Waals surface area contributed by atoms with Gasteiger partial charge in [-0.25, -0.2) is 8.42 Å².